The Morgan fingerprint density at radius 3 is 2.27 bits per heavy atom. The molecule has 0 aliphatic rings. The molecule has 0 radical (unpaired) electrons. The van der Waals surface area contributed by atoms with Crippen LogP contribution < -0.4 is 32.6 Å². The summed E-state index contributed by atoms with van der Waals surface area (Å²) in [6.07, 6.45) is 1.33. The van der Waals surface area contributed by atoms with Gasteiger partial charge in [0.25, 0.3) is 11.5 Å². The molecule has 0 saturated carbocycles. The molecule has 44 heavy (non-hydrogen) atoms. The minimum atomic E-state index is -1.07. The van der Waals surface area contributed by atoms with E-state index in [1.54, 1.807) is 24.3 Å². The predicted octanol–water partition coefficient (Wildman–Crippen LogP) is -0.855. The second kappa shape index (κ2) is 16.1. The van der Waals surface area contributed by atoms with Crippen molar-refractivity contribution in [3.8, 4) is 0 Å². The van der Waals surface area contributed by atoms with Gasteiger partial charge in [-0.1, -0.05) is 0 Å². The third-order valence-corrected chi connectivity index (χ3v) is 5.82. The van der Waals surface area contributed by atoms with Gasteiger partial charge < -0.3 is 36.5 Å². The van der Waals surface area contributed by atoms with Gasteiger partial charge in [-0.3, -0.25) is 33.8 Å². The number of anilines is 2. The van der Waals surface area contributed by atoms with Gasteiger partial charge in [-0.05, 0) is 30.7 Å². The molecular formula is C27H33N9O8. The van der Waals surface area contributed by atoms with Crippen molar-refractivity contribution in [1.82, 2.24) is 35.9 Å². The summed E-state index contributed by atoms with van der Waals surface area (Å²) in [5.74, 6) is -2.56. The lowest BCUT2D eigenvalue weighted by Crippen LogP contribution is -2.48. The lowest BCUT2D eigenvalue weighted by Gasteiger charge is -2.19. The summed E-state index contributed by atoms with van der Waals surface area (Å²) in [5, 5.41) is 10.9. The van der Waals surface area contributed by atoms with E-state index in [1.807, 2.05) is 0 Å². The van der Waals surface area contributed by atoms with Crippen molar-refractivity contribution in [2.45, 2.75) is 39.3 Å². The van der Waals surface area contributed by atoms with E-state index in [1.165, 1.54) is 20.0 Å². The molecule has 0 unspecified atom stereocenters. The Kier molecular flexibility index (Phi) is 12.1. The van der Waals surface area contributed by atoms with E-state index in [0.29, 0.717) is 11.4 Å². The average molecular weight is 612 g/mol. The minimum absolute atomic E-state index is 0.00519. The lowest BCUT2D eigenvalue weighted by atomic mass is 10.1. The minimum Gasteiger partial charge on any atom is -0.464 e. The number of esters is 2. The maximum absolute atomic E-state index is 13.0. The van der Waals surface area contributed by atoms with E-state index in [2.05, 4.69) is 41.2 Å². The van der Waals surface area contributed by atoms with Crippen molar-refractivity contribution in [3.63, 3.8) is 0 Å². The van der Waals surface area contributed by atoms with Crippen molar-refractivity contribution in [3.05, 3.63) is 52.1 Å². The number of benzene rings is 1. The highest BCUT2D eigenvalue weighted by molar-refractivity contribution is 5.98. The standard InChI is InChI=1S/C27H33N9O8/c1-15(37)43-11-9-29-21(39)8-7-20(25(41)30-10-12-44-16(2)38)34-24(40)17-3-5-18(6-4-17)31-13-19-14-32-23-22(33-19)26(42)36-27(28)35-23/h3-6,14,20,31H,7-13H2,1-2H3,(H,29,39)(H,30,41)(H,34,40)(H3,28,32,35,36,42)/t20-/m0/s1. The summed E-state index contributed by atoms with van der Waals surface area (Å²) >= 11 is 0. The Hall–Kier alpha value is -5.61. The highest BCUT2D eigenvalue weighted by Crippen LogP contribution is 2.12. The second-order valence-corrected chi connectivity index (χ2v) is 9.30. The van der Waals surface area contributed by atoms with Gasteiger partial charge >= 0.3 is 11.9 Å². The molecule has 0 saturated heterocycles. The Morgan fingerprint density at radius 1 is 0.955 bits per heavy atom. The molecule has 1 atom stereocenters. The summed E-state index contributed by atoms with van der Waals surface area (Å²) in [7, 11) is 0. The quantitative estimate of drug-likeness (QED) is 0.0906. The first-order valence-corrected chi connectivity index (χ1v) is 13.5. The topological polar surface area (TPSA) is 249 Å². The van der Waals surface area contributed by atoms with Gasteiger partial charge in [-0.15, -0.1) is 0 Å². The molecule has 2 heterocycles. The van der Waals surface area contributed by atoms with Crippen molar-refractivity contribution in [2.24, 2.45) is 0 Å². The number of carbonyl (C=O) groups excluding carboxylic acids is 5. The molecule has 1 aromatic carbocycles. The zero-order valence-corrected chi connectivity index (χ0v) is 24.1. The molecule has 2 aromatic heterocycles. The molecule has 17 nitrogen and oxygen atoms in total. The Labute approximate surface area is 250 Å². The largest absolute Gasteiger partial charge is 0.464 e. The van der Waals surface area contributed by atoms with Gasteiger partial charge in [0.05, 0.1) is 31.5 Å². The van der Waals surface area contributed by atoms with E-state index in [4.69, 9.17) is 15.2 Å². The Balaban J connectivity index is 1.58. The first-order chi connectivity index (χ1) is 21.0. The SMILES string of the molecule is CC(=O)OCCNC(=O)CC[C@H](NC(=O)c1ccc(NCc2cnc3nc(N)[nH]c(=O)c3n2)cc1)C(=O)NCCOC(C)=O. The molecule has 3 aromatic rings. The molecule has 17 heteroatoms. The van der Waals surface area contributed by atoms with Crippen molar-refractivity contribution >= 4 is 52.5 Å². The number of ether oxygens (including phenoxy) is 2. The summed E-state index contributed by atoms with van der Waals surface area (Å²) < 4.78 is 9.56. The fourth-order valence-corrected chi connectivity index (χ4v) is 3.74. The first kappa shape index (κ1) is 32.9. The molecule has 3 rings (SSSR count). The number of nitrogens with two attached hydrogens (primary N) is 1. The molecule has 0 spiro atoms. The highest BCUT2D eigenvalue weighted by atomic mass is 16.5. The molecular weight excluding hydrogens is 578 g/mol. The fourth-order valence-electron chi connectivity index (χ4n) is 3.74. The third kappa shape index (κ3) is 10.7. The van der Waals surface area contributed by atoms with Crippen LogP contribution in [0.25, 0.3) is 11.2 Å². The van der Waals surface area contributed by atoms with Crippen LogP contribution in [0.15, 0.2) is 35.3 Å². The van der Waals surface area contributed by atoms with Gasteiger partial charge in [0.1, 0.15) is 19.3 Å². The van der Waals surface area contributed by atoms with E-state index in [0.717, 1.165) is 0 Å². The highest BCUT2D eigenvalue weighted by Gasteiger charge is 2.22. The zero-order valence-electron chi connectivity index (χ0n) is 24.1. The van der Waals surface area contributed by atoms with Crippen LogP contribution in [0.4, 0.5) is 11.6 Å². The number of aromatic nitrogens is 4. The molecule has 0 aliphatic heterocycles. The monoisotopic (exact) mass is 611 g/mol. The van der Waals surface area contributed by atoms with Crippen LogP contribution >= 0.6 is 0 Å². The van der Waals surface area contributed by atoms with Gasteiger partial charge in [-0.2, -0.15) is 4.98 Å². The zero-order chi connectivity index (χ0) is 32.1. The van der Waals surface area contributed by atoms with Crippen molar-refractivity contribution in [2.75, 3.05) is 37.4 Å². The summed E-state index contributed by atoms with van der Waals surface area (Å²) in [6.45, 7) is 2.77. The van der Waals surface area contributed by atoms with Gasteiger partial charge in [0, 0.05) is 31.5 Å². The van der Waals surface area contributed by atoms with Crippen LogP contribution in [0.3, 0.4) is 0 Å². The molecule has 0 fully saturated rings. The van der Waals surface area contributed by atoms with Crippen LogP contribution in [0.1, 0.15) is 42.7 Å². The van der Waals surface area contributed by atoms with E-state index in [-0.39, 0.29) is 68.4 Å². The average Bonchev–Trinajstić information content (AvgIpc) is 2.98. The van der Waals surface area contributed by atoms with Crippen LogP contribution in [0.5, 0.6) is 0 Å². The number of aromatic amines is 1. The number of nitrogens with one attached hydrogen (secondary N) is 5. The number of hydrogen-bond acceptors (Lipinski definition) is 13. The first-order valence-electron chi connectivity index (χ1n) is 13.5. The summed E-state index contributed by atoms with van der Waals surface area (Å²) in [4.78, 5) is 86.5. The fraction of sp³-hybridized carbons (Fsp3) is 0.370. The van der Waals surface area contributed by atoms with E-state index in [9.17, 15) is 28.8 Å². The summed E-state index contributed by atoms with van der Waals surface area (Å²) in [5.41, 5.74) is 6.55. The number of carbonyl (C=O) groups is 5. The van der Waals surface area contributed by atoms with Crippen LogP contribution in [-0.4, -0.2) is 81.9 Å². The molecule has 234 valence electrons. The maximum atomic E-state index is 13.0. The normalized spacial score (nSPS) is 11.2. The number of hydrogen-bond donors (Lipinski definition) is 6. The predicted molar refractivity (Wildman–Crippen MR) is 156 cm³/mol. The van der Waals surface area contributed by atoms with Gasteiger partial charge in [0.2, 0.25) is 17.8 Å². The lowest BCUT2D eigenvalue weighted by molar-refractivity contribution is -0.142. The number of rotatable bonds is 15. The molecule has 0 bridgehead atoms. The Bertz CT molecular complexity index is 1560. The van der Waals surface area contributed by atoms with Crippen LogP contribution in [-0.2, 0) is 35.2 Å². The van der Waals surface area contributed by atoms with Crippen LogP contribution in [0.2, 0.25) is 0 Å². The second-order valence-electron chi connectivity index (χ2n) is 9.30. The van der Waals surface area contributed by atoms with Crippen LogP contribution in [0, 0.1) is 0 Å². The van der Waals surface area contributed by atoms with E-state index < -0.39 is 41.3 Å². The van der Waals surface area contributed by atoms with Crippen molar-refractivity contribution in [1.29, 1.82) is 0 Å². The van der Waals surface area contributed by atoms with Crippen molar-refractivity contribution < 1.29 is 33.4 Å². The molecule has 0 aliphatic carbocycles. The van der Waals surface area contributed by atoms with Gasteiger partial charge in [0.15, 0.2) is 11.2 Å². The number of amides is 3. The smallest absolute Gasteiger partial charge is 0.302 e. The number of nitrogen functional groups attached to an aromatic ring is 1. The maximum Gasteiger partial charge on any atom is 0.302 e. The number of fused-ring (bicyclic) bond motifs is 1. The number of nitrogens with zero attached hydrogens (tertiary/aromatic N) is 3. The molecule has 7 N–H and O–H groups in total. The van der Waals surface area contributed by atoms with Gasteiger partial charge in [-0.25, -0.2) is 9.97 Å². The Morgan fingerprint density at radius 2 is 1.61 bits per heavy atom. The summed E-state index contributed by atoms with van der Waals surface area (Å²) in [6, 6.07) is 5.29. The van der Waals surface area contributed by atoms with E-state index >= 15 is 0 Å². The molecule has 3 amide bonds. The number of H-pyrrole nitrogens is 1. The third-order valence-electron chi connectivity index (χ3n) is 5.82.